The minimum Gasteiger partial charge on any atom is -0.444 e. The molecule has 1 heterocycles. The largest absolute Gasteiger partial charge is 0.444 e. The molecule has 1 aliphatic heterocycles. The smallest absolute Gasteiger partial charge is 0.410 e. The number of rotatable bonds is 8. The van der Waals surface area contributed by atoms with E-state index in [0.29, 0.717) is 23.2 Å². The van der Waals surface area contributed by atoms with Gasteiger partial charge in [0.25, 0.3) is 10.1 Å². The van der Waals surface area contributed by atoms with Gasteiger partial charge in [0.2, 0.25) is 0 Å². The Balaban J connectivity index is 1.95. The van der Waals surface area contributed by atoms with Crippen LogP contribution in [0.25, 0.3) is 11.1 Å². The van der Waals surface area contributed by atoms with Crippen LogP contribution >= 0.6 is 0 Å². The van der Waals surface area contributed by atoms with Gasteiger partial charge in [-0.25, -0.2) is 9.18 Å². The Morgan fingerprint density at radius 3 is 2.58 bits per heavy atom. The van der Waals surface area contributed by atoms with Gasteiger partial charge in [0.1, 0.15) is 23.6 Å². The molecule has 0 spiro atoms. The van der Waals surface area contributed by atoms with E-state index in [9.17, 15) is 13.2 Å². The Hall–Kier alpha value is -2.53. The predicted molar refractivity (Wildman–Crippen MR) is 134 cm³/mol. The van der Waals surface area contributed by atoms with E-state index in [1.807, 2.05) is 31.2 Å². The molecule has 2 aromatic rings. The second kappa shape index (κ2) is 11.7. The summed E-state index contributed by atoms with van der Waals surface area (Å²) < 4.78 is 60.4. The van der Waals surface area contributed by atoms with Gasteiger partial charge < -0.3 is 19.1 Å². The van der Waals surface area contributed by atoms with Gasteiger partial charge in [0.15, 0.2) is 0 Å². The van der Waals surface area contributed by atoms with Gasteiger partial charge in [-0.05, 0) is 44.9 Å². The number of morpholine rings is 1. The normalized spacial score (nSPS) is 17.6. The van der Waals surface area contributed by atoms with Crippen molar-refractivity contribution in [2.45, 2.75) is 45.5 Å². The Morgan fingerprint density at radius 1 is 1.19 bits per heavy atom. The number of benzene rings is 2. The highest BCUT2D eigenvalue weighted by Crippen LogP contribution is 2.36. The molecule has 0 radical (unpaired) electrons. The van der Waals surface area contributed by atoms with Crippen molar-refractivity contribution in [3.8, 4) is 11.1 Å². The summed E-state index contributed by atoms with van der Waals surface area (Å²) in [7, 11) is -3.65. The van der Waals surface area contributed by atoms with Crippen LogP contribution in [-0.4, -0.2) is 70.3 Å². The molecule has 198 valence electrons. The van der Waals surface area contributed by atoms with Crippen molar-refractivity contribution in [3.05, 3.63) is 59.4 Å². The number of carbonyl (C=O) groups is 1. The fourth-order valence-corrected chi connectivity index (χ4v) is 4.36. The van der Waals surface area contributed by atoms with E-state index >= 15 is 4.39 Å². The molecule has 0 aromatic heterocycles. The summed E-state index contributed by atoms with van der Waals surface area (Å²) in [6.07, 6.45) is -0.997. The molecule has 1 saturated heterocycles. The van der Waals surface area contributed by atoms with E-state index < -0.39 is 39.8 Å². The first kappa shape index (κ1) is 28.0. The van der Waals surface area contributed by atoms with E-state index in [0.717, 1.165) is 11.8 Å². The van der Waals surface area contributed by atoms with Crippen molar-refractivity contribution in [2.75, 3.05) is 39.2 Å². The molecule has 0 saturated carbocycles. The fraction of sp³-hybridized carbons (Fsp3) is 0.500. The summed E-state index contributed by atoms with van der Waals surface area (Å²) in [5, 5.41) is 0. The van der Waals surface area contributed by atoms with Crippen LogP contribution in [0.5, 0.6) is 0 Å². The van der Waals surface area contributed by atoms with Gasteiger partial charge in [-0.1, -0.05) is 42.0 Å². The van der Waals surface area contributed by atoms with Crippen LogP contribution < -0.4 is 0 Å². The van der Waals surface area contributed by atoms with Gasteiger partial charge in [0.05, 0.1) is 32.6 Å². The Bertz CT molecular complexity index is 1160. The lowest BCUT2D eigenvalue weighted by Gasteiger charge is -2.38. The van der Waals surface area contributed by atoms with Crippen molar-refractivity contribution < 1.29 is 36.0 Å². The van der Waals surface area contributed by atoms with E-state index in [1.54, 1.807) is 32.9 Å². The summed E-state index contributed by atoms with van der Waals surface area (Å²) in [6, 6.07) is 12.2. The van der Waals surface area contributed by atoms with Crippen LogP contribution in [-0.2, 0) is 28.5 Å². The van der Waals surface area contributed by atoms with Crippen molar-refractivity contribution in [3.63, 3.8) is 0 Å². The van der Waals surface area contributed by atoms with Crippen LogP contribution in [0.15, 0.2) is 42.5 Å². The molecule has 2 atom stereocenters. The van der Waals surface area contributed by atoms with Crippen LogP contribution in [0.1, 0.15) is 38.0 Å². The number of carbonyl (C=O) groups excluding carboxylic acids is 1. The summed E-state index contributed by atoms with van der Waals surface area (Å²) in [4.78, 5) is 14.3. The molecule has 10 heteroatoms. The molecule has 2 unspecified atom stereocenters. The van der Waals surface area contributed by atoms with Crippen molar-refractivity contribution >= 4 is 16.2 Å². The summed E-state index contributed by atoms with van der Waals surface area (Å²) in [5.74, 6) is -0.432. The lowest BCUT2D eigenvalue weighted by Crippen LogP contribution is -2.49. The Morgan fingerprint density at radius 2 is 1.92 bits per heavy atom. The zero-order valence-corrected chi connectivity index (χ0v) is 22.1. The molecule has 0 aliphatic carbocycles. The fourth-order valence-electron chi connectivity index (χ4n) is 3.99. The highest BCUT2D eigenvalue weighted by Gasteiger charge is 2.35. The molecule has 36 heavy (non-hydrogen) atoms. The van der Waals surface area contributed by atoms with Gasteiger partial charge in [-0.3, -0.25) is 4.18 Å². The predicted octanol–water partition coefficient (Wildman–Crippen LogP) is 4.47. The van der Waals surface area contributed by atoms with E-state index in [1.165, 1.54) is 11.0 Å². The quantitative estimate of drug-likeness (QED) is 0.372. The van der Waals surface area contributed by atoms with Crippen molar-refractivity contribution in [2.24, 2.45) is 0 Å². The summed E-state index contributed by atoms with van der Waals surface area (Å²) in [5.41, 5.74) is 1.85. The zero-order chi connectivity index (χ0) is 26.5. The Labute approximate surface area is 212 Å². The maximum absolute atomic E-state index is 15.2. The third-order valence-corrected chi connectivity index (χ3v) is 6.01. The molecule has 2 aromatic carbocycles. The average molecular weight is 524 g/mol. The van der Waals surface area contributed by atoms with Gasteiger partial charge in [-0.2, -0.15) is 8.42 Å². The minimum absolute atomic E-state index is 0.0895. The highest BCUT2D eigenvalue weighted by molar-refractivity contribution is 7.85. The molecule has 1 aliphatic rings. The van der Waals surface area contributed by atoms with Crippen LogP contribution in [0.2, 0.25) is 0 Å². The average Bonchev–Trinajstić information content (AvgIpc) is 2.77. The maximum atomic E-state index is 15.2. The monoisotopic (exact) mass is 523 g/mol. The molecule has 8 nitrogen and oxygen atoms in total. The zero-order valence-electron chi connectivity index (χ0n) is 21.3. The van der Waals surface area contributed by atoms with E-state index in [2.05, 4.69) is 0 Å². The number of halogens is 1. The standard InChI is InChI=1S/C26H34FNO7S/c1-18-8-6-9-19(16-18)23-20(10-7-11-21(23)27)24(33-14-15-34-36(5,30)31)22-17-28(12-13-32-22)25(29)35-26(2,3)4/h6-11,16,22,24H,12-15,17H2,1-5H3. The topological polar surface area (TPSA) is 91.4 Å². The van der Waals surface area contributed by atoms with Crippen LogP contribution in [0, 0.1) is 12.7 Å². The second-order valence-electron chi connectivity index (χ2n) is 9.73. The number of ether oxygens (including phenoxy) is 3. The van der Waals surface area contributed by atoms with Gasteiger partial charge in [-0.15, -0.1) is 0 Å². The Kier molecular flexibility index (Phi) is 9.10. The molecule has 3 rings (SSSR count). The first-order valence-corrected chi connectivity index (χ1v) is 13.6. The first-order valence-electron chi connectivity index (χ1n) is 11.7. The molecular weight excluding hydrogens is 489 g/mol. The molecule has 1 fully saturated rings. The van der Waals surface area contributed by atoms with Gasteiger partial charge >= 0.3 is 6.09 Å². The van der Waals surface area contributed by atoms with Crippen molar-refractivity contribution in [1.82, 2.24) is 4.90 Å². The van der Waals surface area contributed by atoms with Crippen LogP contribution in [0.4, 0.5) is 9.18 Å². The van der Waals surface area contributed by atoms with E-state index in [-0.39, 0.29) is 26.4 Å². The minimum atomic E-state index is -3.65. The molecule has 0 bridgehead atoms. The SMILES string of the molecule is Cc1cccc(-c2c(F)cccc2C(OCCOS(C)(=O)=O)C2CN(C(=O)OC(C)(C)C)CCO2)c1. The number of hydrogen-bond acceptors (Lipinski definition) is 7. The summed E-state index contributed by atoms with van der Waals surface area (Å²) >= 11 is 0. The van der Waals surface area contributed by atoms with Gasteiger partial charge in [0, 0.05) is 12.1 Å². The van der Waals surface area contributed by atoms with Crippen molar-refractivity contribution in [1.29, 1.82) is 0 Å². The molecular formula is C26H34FNO7S. The van der Waals surface area contributed by atoms with Crippen LogP contribution in [0.3, 0.4) is 0 Å². The number of hydrogen-bond donors (Lipinski definition) is 0. The molecule has 0 N–H and O–H groups in total. The third-order valence-electron chi connectivity index (χ3n) is 5.42. The lowest BCUT2D eigenvalue weighted by molar-refractivity contribution is -0.115. The third kappa shape index (κ3) is 7.99. The molecule has 1 amide bonds. The highest BCUT2D eigenvalue weighted by atomic mass is 32.2. The lowest BCUT2D eigenvalue weighted by atomic mass is 9.92. The maximum Gasteiger partial charge on any atom is 0.410 e. The summed E-state index contributed by atoms with van der Waals surface area (Å²) in [6.45, 7) is 7.70. The number of aryl methyl sites for hydroxylation is 1. The second-order valence-corrected chi connectivity index (χ2v) is 11.4. The number of nitrogens with zero attached hydrogens (tertiary/aromatic N) is 1. The first-order chi connectivity index (χ1) is 16.8. The number of amides is 1. The van der Waals surface area contributed by atoms with E-state index in [4.69, 9.17) is 18.4 Å².